The smallest absolute Gasteiger partial charge is 0.309 e. The van der Waals surface area contributed by atoms with Crippen molar-refractivity contribution in [2.24, 2.45) is 5.92 Å². The lowest BCUT2D eigenvalue weighted by Gasteiger charge is -2.30. The SMILES string of the molecule is CCCOc1cc(C)c(C)cc1S(=O)(=O)N1CCC(C(=O)OCC)CC1. The molecule has 1 aliphatic heterocycles. The minimum Gasteiger partial charge on any atom is -0.492 e. The molecule has 1 fully saturated rings. The average molecular weight is 384 g/mol. The van der Waals surface area contributed by atoms with E-state index in [0.717, 1.165) is 17.5 Å². The highest BCUT2D eigenvalue weighted by molar-refractivity contribution is 7.89. The summed E-state index contributed by atoms with van der Waals surface area (Å²) in [6, 6.07) is 3.48. The number of hydrogen-bond acceptors (Lipinski definition) is 5. The van der Waals surface area contributed by atoms with E-state index in [4.69, 9.17) is 9.47 Å². The van der Waals surface area contributed by atoms with Gasteiger partial charge in [0, 0.05) is 13.1 Å². The van der Waals surface area contributed by atoms with Gasteiger partial charge in [-0.3, -0.25) is 4.79 Å². The van der Waals surface area contributed by atoms with E-state index in [2.05, 4.69) is 0 Å². The van der Waals surface area contributed by atoms with Gasteiger partial charge < -0.3 is 9.47 Å². The molecular formula is C19H29NO5S. The fraction of sp³-hybridized carbons (Fsp3) is 0.632. The van der Waals surface area contributed by atoms with Crippen LogP contribution in [0, 0.1) is 19.8 Å². The molecule has 1 aromatic carbocycles. The van der Waals surface area contributed by atoms with Gasteiger partial charge in [-0.15, -0.1) is 0 Å². The summed E-state index contributed by atoms with van der Waals surface area (Å²) >= 11 is 0. The standard InChI is InChI=1S/C19H29NO5S/c1-5-11-25-17-12-14(3)15(4)13-18(17)26(22,23)20-9-7-16(8-10-20)19(21)24-6-2/h12-13,16H,5-11H2,1-4H3. The van der Waals surface area contributed by atoms with Crippen LogP contribution in [0.3, 0.4) is 0 Å². The number of nitrogens with zero attached hydrogens (tertiary/aromatic N) is 1. The lowest BCUT2D eigenvalue weighted by Crippen LogP contribution is -2.40. The summed E-state index contributed by atoms with van der Waals surface area (Å²) in [6.45, 7) is 9.02. The van der Waals surface area contributed by atoms with Crippen LogP contribution in [0.4, 0.5) is 0 Å². The molecule has 0 unspecified atom stereocenters. The van der Waals surface area contributed by atoms with E-state index in [9.17, 15) is 13.2 Å². The molecule has 1 aromatic rings. The molecular weight excluding hydrogens is 354 g/mol. The lowest BCUT2D eigenvalue weighted by atomic mass is 9.98. The van der Waals surface area contributed by atoms with Gasteiger partial charge in [0.15, 0.2) is 0 Å². The summed E-state index contributed by atoms with van der Waals surface area (Å²) in [5.41, 5.74) is 1.91. The Morgan fingerprint density at radius 1 is 1.15 bits per heavy atom. The van der Waals surface area contributed by atoms with Gasteiger partial charge in [-0.25, -0.2) is 8.42 Å². The minimum absolute atomic E-state index is 0.212. The number of carbonyl (C=O) groups is 1. The lowest BCUT2D eigenvalue weighted by molar-refractivity contribution is -0.149. The molecule has 0 aliphatic carbocycles. The van der Waals surface area contributed by atoms with E-state index < -0.39 is 10.0 Å². The van der Waals surface area contributed by atoms with Crippen LogP contribution in [0.25, 0.3) is 0 Å². The maximum Gasteiger partial charge on any atom is 0.309 e. The van der Waals surface area contributed by atoms with Gasteiger partial charge in [-0.1, -0.05) is 6.92 Å². The highest BCUT2D eigenvalue weighted by Crippen LogP contribution is 2.32. The first-order chi connectivity index (χ1) is 12.3. The molecule has 2 rings (SSSR count). The summed E-state index contributed by atoms with van der Waals surface area (Å²) in [5.74, 6) is -0.0536. The molecule has 0 spiro atoms. The van der Waals surface area contributed by atoms with Crippen molar-refractivity contribution in [3.05, 3.63) is 23.3 Å². The highest BCUT2D eigenvalue weighted by atomic mass is 32.2. The van der Waals surface area contributed by atoms with Crippen LogP contribution in [0.2, 0.25) is 0 Å². The summed E-state index contributed by atoms with van der Waals surface area (Å²) < 4.78 is 38.5. The van der Waals surface area contributed by atoms with Crippen molar-refractivity contribution >= 4 is 16.0 Å². The number of piperidine rings is 1. The first kappa shape index (κ1) is 20.7. The zero-order valence-electron chi connectivity index (χ0n) is 16.1. The molecule has 0 N–H and O–H groups in total. The van der Waals surface area contributed by atoms with E-state index in [1.165, 1.54) is 4.31 Å². The molecule has 146 valence electrons. The van der Waals surface area contributed by atoms with Gasteiger partial charge in [0.25, 0.3) is 0 Å². The predicted octanol–water partition coefficient (Wildman–Crippen LogP) is 3.06. The van der Waals surface area contributed by atoms with Crippen LogP contribution < -0.4 is 4.74 Å². The van der Waals surface area contributed by atoms with Crippen molar-refractivity contribution in [3.8, 4) is 5.75 Å². The summed E-state index contributed by atoms with van der Waals surface area (Å²) in [5, 5.41) is 0. The Balaban J connectivity index is 2.22. The summed E-state index contributed by atoms with van der Waals surface area (Å²) in [4.78, 5) is 12.1. The first-order valence-corrected chi connectivity index (χ1v) is 10.7. The van der Waals surface area contributed by atoms with E-state index in [0.29, 0.717) is 44.9 Å². The van der Waals surface area contributed by atoms with Gasteiger partial charge in [0.2, 0.25) is 10.0 Å². The van der Waals surface area contributed by atoms with Crippen LogP contribution in [-0.2, 0) is 19.6 Å². The van der Waals surface area contributed by atoms with E-state index >= 15 is 0 Å². The highest BCUT2D eigenvalue weighted by Gasteiger charge is 2.34. The Bertz CT molecular complexity index is 737. The van der Waals surface area contributed by atoms with Gasteiger partial charge in [-0.05, 0) is 63.3 Å². The second-order valence-electron chi connectivity index (χ2n) is 6.66. The molecule has 1 aliphatic rings. The topological polar surface area (TPSA) is 72.9 Å². The molecule has 1 heterocycles. The molecule has 7 heteroatoms. The van der Waals surface area contributed by atoms with Crippen LogP contribution in [0.5, 0.6) is 5.75 Å². The molecule has 0 radical (unpaired) electrons. The third-order valence-corrected chi connectivity index (χ3v) is 6.63. The van der Waals surface area contributed by atoms with Crippen molar-refractivity contribution in [3.63, 3.8) is 0 Å². The van der Waals surface area contributed by atoms with E-state index in [1.54, 1.807) is 19.1 Å². The van der Waals surface area contributed by atoms with Crippen molar-refractivity contribution in [1.82, 2.24) is 4.31 Å². The van der Waals surface area contributed by atoms with Crippen LogP contribution in [0.15, 0.2) is 17.0 Å². The van der Waals surface area contributed by atoms with Crippen molar-refractivity contribution in [2.75, 3.05) is 26.3 Å². The second kappa shape index (κ2) is 8.86. The molecule has 6 nitrogen and oxygen atoms in total. The van der Waals surface area contributed by atoms with Gasteiger partial charge in [0.05, 0.1) is 19.1 Å². The molecule has 1 saturated heterocycles. The average Bonchev–Trinajstić information content (AvgIpc) is 2.62. The quantitative estimate of drug-likeness (QED) is 0.677. The number of carbonyl (C=O) groups excluding carboxylic acids is 1. The number of ether oxygens (including phenoxy) is 2. The Labute approximate surface area is 156 Å². The monoisotopic (exact) mass is 383 g/mol. The molecule has 0 bridgehead atoms. The van der Waals surface area contributed by atoms with E-state index in [-0.39, 0.29) is 16.8 Å². The van der Waals surface area contributed by atoms with Crippen LogP contribution >= 0.6 is 0 Å². The predicted molar refractivity (Wildman–Crippen MR) is 99.8 cm³/mol. The van der Waals surface area contributed by atoms with Crippen molar-refractivity contribution < 1.29 is 22.7 Å². The van der Waals surface area contributed by atoms with Crippen LogP contribution in [-0.4, -0.2) is 45.0 Å². The molecule has 26 heavy (non-hydrogen) atoms. The minimum atomic E-state index is -3.67. The number of sulfonamides is 1. The Morgan fingerprint density at radius 2 is 1.77 bits per heavy atom. The maximum absolute atomic E-state index is 13.2. The number of aryl methyl sites for hydroxylation is 2. The summed E-state index contributed by atoms with van der Waals surface area (Å²) in [7, 11) is -3.67. The number of rotatable bonds is 7. The zero-order chi connectivity index (χ0) is 19.3. The fourth-order valence-electron chi connectivity index (χ4n) is 3.02. The Kier molecular flexibility index (Phi) is 7.06. The van der Waals surface area contributed by atoms with Gasteiger partial charge in [-0.2, -0.15) is 4.31 Å². The zero-order valence-corrected chi connectivity index (χ0v) is 16.9. The third kappa shape index (κ3) is 4.57. The van der Waals surface area contributed by atoms with Gasteiger partial charge in [0.1, 0.15) is 10.6 Å². The maximum atomic E-state index is 13.2. The van der Waals surface area contributed by atoms with E-state index in [1.807, 2.05) is 20.8 Å². The largest absolute Gasteiger partial charge is 0.492 e. The van der Waals surface area contributed by atoms with Gasteiger partial charge >= 0.3 is 5.97 Å². The number of benzene rings is 1. The number of esters is 1. The molecule has 0 aromatic heterocycles. The van der Waals surface area contributed by atoms with Crippen LogP contribution in [0.1, 0.15) is 44.2 Å². The normalized spacial score (nSPS) is 16.5. The summed E-state index contributed by atoms with van der Waals surface area (Å²) in [6.07, 6.45) is 1.76. The number of hydrogen-bond donors (Lipinski definition) is 0. The fourth-order valence-corrected chi connectivity index (χ4v) is 4.69. The molecule has 0 atom stereocenters. The van der Waals surface area contributed by atoms with Crippen molar-refractivity contribution in [2.45, 2.75) is 51.9 Å². The Morgan fingerprint density at radius 3 is 2.35 bits per heavy atom. The first-order valence-electron chi connectivity index (χ1n) is 9.22. The second-order valence-corrected chi connectivity index (χ2v) is 8.57. The molecule has 0 saturated carbocycles. The van der Waals surface area contributed by atoms with Crippen molar-refractivity contribution in [1.29, 1.82) is 0 Å². The molecule has 0 amide bonds. The Hall–Kier alpha value is -1.60. The third-order valence-electron chi connectivity index (χ3n) is 4.71.